The number of aliphatic hydroxyl groups is 2. The van der Waals surface area contributed by atoms with Gasteiger partial charge in [0.05, 0.1) is 47.8 Å². The van der Waals surface area contributed by atoms with Gasteiger partial charge in [0, 0.05) is 61.8 Å². The molecule has 0 spiro atoms. The fourth-order valence-corrected chi connectivity index (χ4v) is 14.8. The van der Waals surface area contributed by atoms with Crippen LogP contribution in [0.15, 0.2) is 0 Å². The molecule has 5 unspecified atom stereocenters. The molecule has 3 saturated heterocycles. The maximum Gasteiger partial charge on any atom is 0.0863 e. The molecule has 3 rings (SSSR count). The van der Waals surface area contributed by atoms with Crippen molar-refractivity contribution in [1.29, 1.82) is 0 Å². The summed E-state index contributed by atoms with van der Waals surface area (Å²) in [7, 11) is 0. The summed E-state index contributed by atoms with van der Waals surface area (Å²) in [5.74, 6) is 9.90. The van der Waals surface area contributed by atoms with Gasteiger partial charge in [-0.1, -0.05) is 6.92 Å². The van der Waals surface area contributed by atoms with Crippen LogP contribution in [-0.2, 0) is 9.47 Å². The lowest BCUT2D eigenvalue weighted by Crippen LogP contribution is -2.30. The van der Waals surface area contributed by atoms with Gasteiger partial charge in [-0.05, 0) is 12.2 Å². The fourth-order valence-electron chi connectivity index (χ4n) is 3.50. The molecule has 12 heteroatoms. The lowest BCUT2D eigenvalue weighted by molar-refractivity contribution is 0.0490. The minimum atomic E-state index is -0.378. The normalized spacial score (nSPS) is 27.3. The zero-order valence-electron chi connectivity index (χ0n) is 19.9. The van der Waals surface area contributed by atoms with Crippen LogP contribution in [0.5, 0.6) is 0 Å². The van der Waals surface area contributed by atoms with Gasteiger partial charge in [-0.3, -0.25) is 0 Å². The maximum atomic E-state index is 10.3. The summed E-state index contributed by atoms with van der Waals surface area (Å²) >= 11 is 15.9. The van der Waals surface area contributed by atoms with Gasteiger partial charge in [-0.15, -0.1) is 47.0 Å². The summed E-state index contributed by atoms with van der Waals surface area (Å²) in [5, 5.41) is 22.0. The third-order valence-corrected chi connectivity index (χ3v) is 18.0. The SMILES string of the molecule is CC(SCC(O)COCC1CSC(COCC(O)CSCCC2SCCS2)CS1)C1SCCS1. The highest BCUT2D eigenvalue weighted by atomic mass is 32.2. The first-order chi connectivity index (χ1) is 16.6. The van der Waals surface area contributed by atoms with Gasteiger partial charge in [-0.2, -0.15) is 47.0 Å². The van der Waals surface area contributed by atoms with Crippen molar-refractivity contribution in [3.8, 4) is 0 Å². The molecule has 5 atom stereocenters. The van der Waals surface area contributed by atoms with E-state index in [4.69, 9.17) is 9.47 Å². The molecule has 34 heavy (non-hydrogen) atoms. The first kappa shape index (κ1) is 31.2. The lowest BCUT2D eigenvalue weighted by Gasteiger charge is -2.28. The Morgan fingerprint density at radius 3 is 1.94 bits per heavy atom. The number of hydrogen-bond acceptors (Lipinski definition) is 12. The number of aliphatic hydroxyl groups excluding tert-OH is 2. The van der Waals surface area contributed by atoms with Crippen molar-refractivity contribution in [3.05, 3.63) is 0 Å². The summed E-state index contributed by atoms with van der Waals surface area (Å²) in [4.78, 5) is 0. The molecule has 3 heterocycles. The van der Waals surface area contributed by atoms with Crippen LogP contribution in [-0.4, -0.2) is 126 Å². The molecule has 0 aromatic carbocycles. The van der Waals surface area contributed by atoms with Crippen LogP contribution in [0, 0.1) is 0 Å². The molecule has 0 bridgehead atoms. The van der Waals surface area contributed by atoms with Crippen molar-refractivity contribution in [2.45, 2.75) is 50.5 Å². The second-order valence-corrected chi connectivity index (χ2v) is 19.4. The standard InChI is InChI=1S/C22H40O4S8/c1-16(22-30-6-7-31-22)32-13-18(24)9-26-11-20-15-33-19(14-34-20)10-25-8-17(23)12-27-3-2-21-28-4-5-29-21/h16-24H,2-15H2,1H3. The number of ether oxygens (including phenoxy) is 2. The Morgan fingerprint density at radius 1 is 0.794 bits per heavy atom. The third kappa shape index (κ3) is 13.1. The highest BCUT2D eigenvalue weighted by Crippen LogP contribution is 2.39. The molecule has 0 aliphatic carbocycles. The molecule has 3 aliphatic rings. The predicted molar refractivity (Wildman–Crippen MR) is 167 cm³/mol. The molecular weight excluding hydrogens is 585 g/mol. The molecule has 3 fully saturated rings. The topological polar surface area (TPSA) is 58.9 Å². The van der Waals surface area contributed by atoms with Crippen LogP contribution < -0.4 is 0 Å². The van der Waals surface area contributed by atoms with E-state index in [0.717, 1.165) is 33.3 Å². The Morgan fingerprint density at radius 2 is 1.35 bits per heavy atom. The van der Waals surface area contributed by atoms with Gasteiger partial charge >= 0.3 is 0 Å². The van der Waals surface area contributed by atoms with E-state index in [1.807, 2.05) is 47.0 Å². The summed E-state index contributed by atoms with van der Waals surface area (Å²) < 4.78 is 13.1. The van der Waals surface area contributed by atoms with E-state index in [1.54, 1.807) is 0 Å². The number of hydrogen-bond donors (Lipinski definition) is 2. The molecule has 0 aromatic heterocycles. The quantitative estimate of drug-likeness (QED) is 0.218. The molecular formula is C22H40O4S8. The Labute approximate surface area is 240 Å². The van der Waals surface area contributed by atoms with Crippen LogP contribution in [0.1, 0.15) is 13.3 Å². The Kier molecular flexibility index (Phi) is 17.3. The second-order valence-electron chi connectivity index (χ2n) is 8.48. The van der Waals surface area contributed by atoms with Gasteiger partial charge in [0.2, 0.25) is 0 Å². The summed E-state index contributed by atoms with van der Waals surface area (Å²) in [5.41, 5.74) is 0. The van der Waals surface area contributed by atoms with Crippen LogP contribution >= 0.6 is 94.1 Å². The highest BCUT2D eigenvalue weighted by molar-refractivity contribution is 8.21. The monoisotopic (exact) mass is 624 g/mol. The predicted octanol–water partition coefficient (Wildman–Crippen LogP) is 4.82. The van der Waals surface area contributed by atoms with E-state index in [-0.39, 0.29) is 12.2 Å². The maximum absolute atomic E-state index is 10.3. The second kappa shape index (κ2) is 18.8. The molecule has 4 nitrogen and oxygen atoms in total. The van der Waals surface area contributed by atoms with Crippen molar-refractivity contribution in [2.24, 2.45) is 0 Å². The Bertz CT molecular complexity index is 517. The molecule has 0 amide bonds. The Balaban J connectivity index is 1.12. The zero-order chi connectivity index (χ0) is 24.0. The van der Waals surface area contributed by atoms with E-state index in [2.05, 4.69) is 54.0 Å². The summed E-state index contributed by atoms with van der Waals surface area (Å²) in [6.07, 6.45) is 0.501. The third-order valence-electron chi connectivity index (χ3n) is 5.34. The fraction of sp³-hybridized carbons (Fsp3) is 1.00. The Hall–Kier alpha value is 2.64. The molecule has 2 N–H and O–H groups in total. The van der Waals surface area contributed by atoms with Crippen LogP contribution in [0.2, 0.25) is 0 Å². The molecule has 3 aliphatic heterocycles. The smallest absolute Gasteiger partial charge is 0.0863 e. The van der Waals surface area contributed by atoms with Crippen molar-refractivity contribution < 1.29 is 19.7 Å². The van der Waals surface area contributed by atoms with Crippen LogP contribution in [0.3, 0.4) is 0 Å². The molecule has 0 aromatic rings. The van der Waals surface area contributed by atoms with Crippen molar-refractivity contribution >= 4 is 94.1 Å². The van der Waals surface area contributed by atoms with Gasteiger partial charge in [-0.25, -0.2) is 0 Å². The van der Waals surface area contributed by atoms with Crippen LogP contribution in [0.4, 0.5) is 0 Å². The van der Waals surface area contributed by atoms with Crippen molar-refractivity contribution in [1.82, 2.24) is 0 Å². The average Bonchev–Trinajstić information content (AvgIpc) is 3.56. The summed E-state index contributed by atoms with van der Waals surface area (Å²) in [6, 6.07) is 0. The van der Waals surface area contributed by atoms with E-state index in [1.165, 1.54) is 29.4 Å². The molecule has 200 valence electrons. The first-order valence-electron chi connectivity index (χ1n) is 12.0. The van der Waals surface area contributed by atoms with Crippen molar-refractivity contribution in [3.63, 3.8) is 0 Å². The lowest BCUT2D eigenvalue weighted by atomic mass is 10.4. The number of rotatable bonds is 17. The minimum absolute atomic E-state index is 0.362. The van der Waals surface area contributed by atoms with E-state index >= 15 is 0 Å². The molecule has 0 saturated carbocycles. The van der Waals surface area contributed by atoms with Crippen molar-refractivity contribution in [2.75, 3.05) is 78.2 Å². The van der Waals surface area contributed by atoms with Gasteiger partial charge in [0.1, 0.15) is 0 Å². The number of thioether (sulfide) groups is 8. The average molecular weight is 625 g/mol. The first-order valence-corrected chi connectivity index (χ1v) is 20.5. The van der Waals surface area contributed by atoms with Gasteiger partial charge in [0.25, 0.3) is 0 Å². The minimum Gasteiger partial charge on any atom is -0.390 e. The van der Waals surface area contributed by atoms with E-state index in [0.29, 0.717) is 46.8 Å². The summed E-state index contributed by atoms with van der Waals surface area (Å²) in [6.45, 7) is 4.59. The highest BCUT2D eigenvalue weighted by Gasteiger charge is 2.25. The van der Waals surface area contributed by atoms with E-state index in [9.17, 15) is 10.2 Å². The zero-order valence-corrected chi connectivity index (χ0v) is 26.4. The largest absolute Gasteiger partial charge is 0.390 e. The van der Waals surface area contributed by atoms with Gasteiger partial charge in [0.15, 0.2) is 0 Å². The van der Waals surface area contributed by atoms with Gasteiger partial charge < -0.3 is 19.7 Å². The molecule has 0 radical (unpaired) electrons. The van der Waals surface area contributed by atoms with E-state index < -0.39 is 0 Å². The van der Waals surface area contributed by atoms with Crippen LogP contribution in [0.25, 0.3) is 0 Å².